The number of nitrogens with zero attached hydrogens (tertiary/aromatic N) is 3. The van der Waals surface area contributed by atoms with Crippen LogP contribution in [0.2, 0.25) is 0 Å². The van der Waals surface area contributed by atoms with Crippen LogP contribution in [-0.4, -0.2) is 32.0 Å². The van der Waals surface area contributed by atoms with Crippen LogP contribution in [0.1, 0.15) is 29.9 Å². The largest absolute Gasteiger partial charge is 0.352 e. The van der Waals surface area contributed by atoms with Gasteiger partial charge in [-0.25, -0.2) is 8.78 Å². The summed E-state index contributed by atoms with van der Waals surface area (Å²) in [4.78, 5) is 19.2. The van der Waals surface area contributed by atoms with Crippen LogP contribution in [0.5, 0.6) is 0 Å². The molecular formula is C27H23F2N5OS. The van der Waals surface area contributed by atoms with E-state index in [0.29, 0.717) is 23.0 Å². The molecule has 2 aromatic heterocycles. The number of carbonyl (C=O) groups excluding carboxylic acids is 1. The van der Waals surface area contributed by atoms with Crippen molar-refractivity contribution in [2.75, 3.05) is 11.9 Å². The minimum absolute atomic E-state index is 0.158. The van der Waals surface area contributed by atoms with E-state index < -0.39 is 0 Å². The SMILES string of the molecule is O=C(CCN1C(=S)N[C@@H](c2ccccn2)[C@H]1c1cccn1-c1cccc(F)c1)Nc1ccc(F)cc1. The van der Waals surface area contributed by atoms with Gasteiger partial charge in [0.05, 0.1) is 17.8 Å². The van der Waals surface area contributed by atoms with E-state index in [4.69, 9.17) is 12.2 Å². The summed E-state index contributed by atoms with van der Waals surface area (Å²) in [6, 6.07) is 21.0. The van der Waals surface area contributed by atoms with E-state index in [2.05, 4.69) is 15.6 Å². The van der Waals surface area contributed by atoms with E-state index in [9.17, 15) is 13.6 Å². The lowest BCUT2D eigenvalue weighted by Gasteiger charge is -2.28. The number of benzene rings is 2. The lowest BCUT2D eigenvalue weighted by atomic mass is 10.0. The first-order valence-electron chi connectivity index (χ1n) is 11.5. The van der Waals surface area contributed by atoms with Crippen LogP contribution in [0, 0.1) is 11.6 Å². The van der Waals surface area contributed by atoms with E-state index >= 15 is 0 Å². The van der Waals surface area contributed by atoms with Gasteiger partial charge in [-0.3, -0.25) is 9.78 Å². The maximum Gasteiger partial charge on any atom is 0.226 e. The van der Waals surface area contributed by atoms with Gasteiger partial charge >= 0.3 is 0 Å². The maximum atomic E-state index is 14.0. The molecule has 1 aliphatic heterocycles. The fraction of sp³-hybridized carbons (Fsp3) is 0.148. The van der Waals surface area contributed by atoms with Crippen molar-refractivity contribution >= 4 is 28.9 Å². The van der Waals surface area contributed by atoms with Crippen LogP contribution in [0.4, 0.5) is 14.5 Å². The molecule has 0 bridgehead atoms. The molecule has 2 N–H and O–H groups in total. The summed E-state index contributed by atoms with van der Waals surface area (Å²) in [5.74, 6) is -0.918. The first-order chi connectivity index (χ1) is 17.5. The van der Waals surface area contributed by atoms with E-state index in [1.807, 2.05) is 52.1 Å². The number of nitrogens with one attached hydrogen (secondary N) is 2. The van der Waals surface area contributed by atoms with Gasteiger partial charge in [0, 0.05) is 42.4 Å². The number of rotatable bonds is 7. The number of amides is 1. The zero-order valence-electron chi connectivity index (χ0n) is 19.1. The normalized spacial score (nSPS) is 17.2. The highest BCUT2D eigenvalue weighted by molar-refractivity contribution is 7.80. The van der Waals surface area contributed by atoms with E-state index in [1.54, 1.807) is 12.3 Å². The van der Waals surface area contributed by atoms with Gasteiger partial charge < -0.3 is 20.1 Å². The fourth-order valence-corrected chi connectivity index (χ4v) is 4.77. The van der Waals surface area contributed by atoms with Crippen molar-refractivity contribution in [3.63, 3.8) is 0 Å². The van der Waals surface area contributed by atoms with Crippen LogP contribution in [0.3, 0.4) is 0 Å². The molecule has 0 aliphatic carbocycles. The molecule has 5 rings (SSSR count). The number of halogens is 2. The molecule has 6 nitrogen and oxygen atoms in total. The highest BCUT2D eigenvalue weighted by Gasteiger charge is 2.41. The van der Waals surface area contributed by atoms with Crippen LogP contribution < -0.4 is 10.6 Å². The quantitative estimate of drug-likeness (QED) is 0.342. The van der Waals surface area contributed by atoms with Gasteiger partial charge in [0.2, 0.25) is 5.91 Å². The average Bonchev–Trinajstić information content (AvgIpc) is 3.49. The Balaban J connectivity index is 1.44. The minimum atomic E-state index is -0.369. The summed E-state index contributed by atoms with van der Waals surface area (Å²) >= 11 is 5.69. The third kappa shape index (κ3) is 4.96. The van der Waals surface area contributed by atoms with Crippen molar-refractivity contribution in [3.05, 3.63) is 114 Å². The molecule has 0 saturated carbocycles. The molecule has 1 fully saturated rings. The Morgan fingerprint density at radius 3 is 2.58 bits per heavy atom. The summed E-state index contributed by atoms with van der Waals surface area (Å²) < 4.78 is 29.1. The number of pyridine rings is 1. The standard InChI is InChI=1S/C27H23F2N5OS/c28-18-9-11-20(12-10-18)31-24(35)13-16-34-26(25(32-27(34)36)22-7-1-2-14-30-22)23-8-4-15-33(23)21-6-3-5-19(29)17-21/h1-12,14-15,17,25-26H,13,16H2,(H,31,35)(H,32,36)/t25-,26+/m0/s1. The molecule has 1 amide bonds. The molecule has 36 heavy (non-hydrogen) atoms. The molecule has 9 heteroatoms. The van der Waals surface area contributed by atoms with Crippen molar-refractivity contribution < 1.29 is 13.6 Å². The molecule has 2 aromatic carbocycles. The second kappa shape index (κ2) is 10.2. The van der Waals surface area contributed by atoms with Gasteiger partial charge in [0.15, 0.2) is 5.11 Å². The smallest absolute Gasteiger partial charge is 0.226 e. The van der Waals surface area contributed by atoms with Crippen molar-refractivity contribution in [1.82, 2.24) is 19.8 Å². The zero-order chi connectivity index (χ0) is 25.1. The van der Waals surface area contributed by atoms with Crippen LogP contribution in [0.25, 0.3) is 5.69 Å². The molecule has 0 spiro atoms. The molecule has 182 valence electrons. The molecule has 3 heterocycles. The third-order valence-electron chi connectivity index (χ3n) is 6.08. The highest BCUT2D eigenvalue weighted by Crippen LogP contribution is 2.39. The Labute approximate surface area is 212 Å². The fourth-order valence-electron chi connectivity index (χ4n) is 4.44. The Hall–Kier alpha value is -4.11. The van der Waals surface area contributed by atoms with Gasteiger partial charge in [-0.2, -0.15) is 0 Å². The predicted molar refractivity (Wildman–Crippen MR) is 138 cm³/mol. The summed E-state index contributed by atoms with van der Waals surface area (Å²) in [6.45, 7) is 0.335. The predicted octanol–water partition coefficient (Wildman–Crippen LogP) is 5.15. The average molecular weight is 504 g/mol. The van der Waals surface area contributed by atoms with Crippen molar-refractivity contribution in [2.24, 2.45) is 0 Å². The Kier molecular flexibility index (Phi) is 6.73. The van der Waals surface area contributed by atoms with Gasteiger partial charge in [0.25, 0.3) is 0 Å². The molecule has 1 aliphatic rings. The lowest BCUT2D eigenvalue weighted by Crippen LogP contribution is -2.33. The number of hydrogen-bond acceptors (Lipinski definition) is 3. The second-order valence-corrected chi connectivity index (χ2v) is 8.79. The van der Waals surface area contributed by atoms with E-state index in [-0.39, 0.29) is 36.0 Å². The lowest BCUT2D eigenvalue weighted by molar-refractivity contribution is -0.116. The minimum Gasteiger partial charge on any atom is -0.352 e. The van der Waals surface area contributed by atoms with Crippen LogP contribution in [-0.2, 0) is 4.79 Å². The zero-order valence-corrected chi connectivity index (χ0v) is 20.0. The highest BCUT2D eigenvalue weighted by atomic mass is 32.1. The van der Waals surface area contributed by atoms with E-state index in [1.165, 1.54) is 36.4 Å². The van der Waals surface area contributed by atoms with E-state index in [0.717, 1.165) is 11.4 Å². The number of carbonyl (C=O) groups is 1. The Morgan fingerprint density at radius 1 is 1.00 bits per heavy atom. The van der Waals surface area contributed by atoms with Gasteiger partial charge in [-0.05, 0) is 78.9 Å². The molecular weight excluding hydrogens is 480 g/mol. The van der Waals surface area contributed by atoms with Crippen molar-refractivity contribution in [2.45, 2.75) is 18.5 Å². The first-order valence-corrected chi connectivity index (χ1v) is 11.9. The molecule has 0 radical (unpaired) electrons. The van der Waals surface area contributed by atoms with Crippen LogP contribution in [0.15, 0.2) is 91.3 Å². The number of aromatic nitrogens is 2. The van der Waals surface area contributed by atoms with Gasteiger partial charge in [-0.1, -0.05) is 12.1 Å². The Morgan fingerprint density at radius 2 is 1.83 bits per heavy atom. The number of thiocarbonyl (C=S) groups is 1. The molecule has 2 atom stereocenters. The Bertz CT molecular complexity index is 1380. The maximum absolute atomic E-state index is 14.0. The third-order valence-corrected chi connectivity index (χ3v) is 6.43. The van der Waals surface area contributed by atoms with Gasteiger partial charge in [0.1, 0.15) is 11.6 Å². The molecule has 4 aromatic rings. The topological polar surface area (TPSA) is 62.2 Å². The molecule has 0 unspecified atom stereocenters. The van der Waals surface area contributed by atoms with Crippen LogP contribution >= 0.6 is 12.2 Å². The summed E-state index contributed by atoms with van der Waals surface area (Å²) in [5, 5.41) is 6.65. The number of anilines is 1. The first kappa shape index (κ1) is 23.6. The van der Waals surface area contributed by atoms with Crippen molar-refractivity contribution in [3.8, 4) is 5.69 Å². The molecule has 1 saturated heterocycles. The summed E-state index contributed by atoms with van der Waals surface area (Å²) in [5.41, 5.74) is 2.88. The van der Waals surface area contributed by atoms with Crippen molar-refractivity contribution in [1.29, 1.82) is 0 Å². The number of hydrogen-bond donors (Lipinski definition) is 2. The second-order valence-electron chi connectivity index (χ2n) is 8.41. The summed E-state index contributed by atoms with van der Waals surface area (Å²) in [6.07, 6.45) is 3.76. The summed E-state index contributed by atoms with van der Waals surface area (Å²) in [7, 11) is 0. The monoisotopic (exact) mass is 503 g/mol. The van der Waals surface area contributed by atoms with Gasteiger partial charge in [-0.15, -0.1) is 0 Å².